The molecule has 0 heterocycles. The maximum absolute atomic E-state index is 4.39. The van der Waals surface area contributed by atoms with Crippen molar-refractivity contribution in [1.82, 2.24) is 0 Å². The number of rotatable bonds is 4. The van der Waals surface area contributed by atoms with E-state index in [4.69, 9.17) is 0 Å². The second-order valence-corrected chi connectivity index (χ2v) is 7.30. The number of hydrogen-bond acceptors (Lipinski definition) is 0. The van der Waals surface area contributed by atoms with Gasteiger partial charge in [-0.1, -0.05) is 75.9 Å². The lowest BCUT2D eigenvalue weighted by Gasteiger charge is -2.25. The first-order chi connectivity index (χ1) is 10.8. The fraction of sp³-hybridized carbons (Fsp3) is 0.545. The van der Waals surface area contributed by atoms with Crippen LogP contribution in [0.1, 0.15) is 75.3 Å². The van der Waals surface area contributed by atoms with Crippen molar-refractivity contribution in [3.8, 4) is 0 Å². The summed E-state index contributed by atoms with van der Waals surface area (Å²) < 4.78 is 0. The zero-order chi connectivity index (χ0) is 15.4. The van der Waals surface area contributed by atoms with Crippen LogP contribution in [0.15, 0.2) is 37.4 Å². The predicted octanol–water partition coefficient (Wildman–Crippen LogP) is 6.87. The lowest BCUT2D eigenvalue weighted by molar-refractivity contribution is 0.429. The Morgan fingerprint density at radius 2 is 0.909 bits per heavy atom. The summed E-state index contributed by atoms with van der Waals surface area (Å²) in [6.45, 7) is 8.78. The topological polar surface area (TPSA) is 0 Å². The molecule has 0 unspecified atom stereocenters. The van der Waals surface area contributed by atoms with Gasteiger partial charge in [0.25, 0.3) is 0 Å². The molecule has 22 heavy (non-hydrogen) atoms. The van der Waals surface area contributed by atoms with E-state index in [-0.39, 0.29) is 0 Å². The minimum atomic E-state index is 0.709. The Labute approximate surface area is 136 Å². The van der Waals surface area contributed by atoms with Gasteiger partial charge in [0.2, 0.25) is 0 Å². The van der Waals surface area contributed by atoms with Gasteiger partial charge < -0.3 is 0 Å². The molecule has 118 valence electrons. The van der Waals surface area contributed by atoms with E-state index in [0.29, 0.717) is 11.8 Å². The van der Waals surface area contributed by atoms with Crippen molar-refractivity contribution < 1.29 is 0 Å². The zero-order valence-corrected chi connectivity index (χ0v) is 13.9. The predicted molar refractivity (Wildman–Crippen MR) is 97.7 cm³/mol. The summed E-state index contributed by atoms with van der Waals surface area (Å²) >= 11 is 0. The van der Waals surface area contributed by atoms with Gasteiger partial charge in [-0.05, 0) is 59.8 Å². The average molecular weight is 294 g/mol. The SMILES string of the molecule is C=C(c1ccc(C(=C)C2CCCCC2)cc1)C1CCCCC1. The molecule has 0 atom stereocenters. The third-order valence-corrected chi connectivity index (χ3v) is 5.82. The lowest BCUT2D eigenvalue weighted by Crippen LogP contribution is -2.09. The van der Waals surface area contributed by atoms with Crippen LogP contribution >= 0.6 is 0 Å². The zero-order valence-electron chi connectivity index (χ0n) is 13.9. The molecule has 0 bridgehead atoms. The minimum Gasteiger partial charge on any atom is -0.0950 e. The van der Waals surface area contributed by atoms with Crippen molar-refractivity contribution >= 4 is 11.1 Å². The fourth-order valence-electron chi connectivity index (χ4n) is 4.27. The minimum absolute atomic E-state index is 0.709. The molecule has 2 aliphatic rings. The smallest absolute Gasteiger partial charge is 0.0162 e. The quantitative estimate of drug-likeness (QED) is 0.568. The molecule has 0 nitrogen and oxygen atoms in total. The summed E-state index contributed by atoms with van der Waals surface area (Å²) in [5.74, 6) is 1.42. The maximum atomic E-state index is 4.39. The van der Waals surface area contributed by atoms with Crippen LogP contribution in [0, 0.1) is 11.8 Å². The standard InChI is InChI=1S/C22H30/c1-17(19-9-5-3-6-10-19)21-13-15-22(16-14-21)18(2)20-11-7-4-8-12-20/h13-16,19-20H,1-12H2. The van der Waals surface area contributed by atoms with Gasteiger partial charge in [-0.25, -0.2) is 0 Å². The molecule has 0 amide bonds. The summed E-state index contributed by atoms with van der Waals surface area (Å²) in [6.07, 6.45) is 13.6. The molecular weight excluding hydrogens is 264 g/mol. The number of hydrogen-bond donors (Lipinski definition) is 0. The third-order valence-electron chi connectivity index (χ3n) is 5.82. The van der Waals surface area contributed by atoms with Crippen LogP contribution in [0.3, 0.4) is 0 Å². The Kier molecular flexibility index (Phi) is 5.18. The van der Waals surface area contributed by atoms with Crippen molar-refractivity contribution in [1.29, 1.82) is 0 Å². The monoisotopic (exact) mass is 294 g/mol. The second-order valence-electron chi connectivity index (χ2n) is 7.30. The Morgan fingerprint density at radius 1 is 0.591 bits per heavy atom. The highest BCUT2D eigenvalue weighted by Gasteiger charge is 2.19. The Hall–Kier alpha value is -1.30. The van der Waals surface area contributed by atoms with Gasteiger partial charge in [0.15, 0.2) is 0 Å². The van der Waals surface area contributed by atoms with Crippen molar-refractivity contribution in [2.24, 2.45) is 11.8 Å². The Balaban J connectivity index is 1.66. The molecular formula is C22H30. The lowest BCUT2D eigenvalue weighted by atomic mass is 9.80. The molecule has 0 aromatic heterocycles. The molecule has 0 spiro atoms. The van der Waals surface area contributed by atoms with Crippen LogP contribution in [-0.4, -0.2) is 0 Å². The molecule has 0 radical (unpaired) electrons. The molecule has 1 aromatic rings. The number of allylic oxidation sites excluding steroid dienone is 2. The largest absolute Gasteiger partial charge is 0.0950 e. The molecule has 2 fully saturated rings. The van der Waals surface area contributed by atoms with E-state index < -0.39 is 0 Å². The molecule has 1 aromatic carbocycles. The normalized spacial score (nSPS) is 20.7. The highest BCUT2D eigenvalue weighted by molar-refractivity contribution is 5.70. The van der Waals surface area contributed by atoms with E-state index in [2.05, 4.69) is 37.4 Å². The molecule has 0 aliphatic heterocycles. The summed E-state index contributed by atoms with van der Waals surface area (Å²) in [6, 6.07) is 9.11. The second kappa shape index (κ2) is 7.31. The molecule has 0 N–H and O–H groups in total. The molecule has 0 heteroatoms. The summed E-state index contributed by atoms with van der Waals surface area (Å²) in [5.41, 5.74) is 5.39. The highest BCUT2D eigenvalue weighted by atomic mass is 14.2. The van der Waals surface area contributed by atoms with Crippen LogP contribution in [0.5, 0.6) is 0 Å². The van der Waals surface area contributed by atoms with E-state index in [1.807, 2.05) is 0 Å². The van der Waals surface area contributed by atoms with E-state index in [9.17, 15) is 0 Å². The molecule has 2 aliphatic carbocycles. The van der Waals surface area contributed by atoms with Crippen LogP contribution in [0.4, 0.5) is 0 Å². The first-order valence-corrected chi connectivity index (χ1v) is 9.24. The van der Waals surface area contributed by atoms with Crippen molar-refractivity contribution in [3.63, 3.8) is 0 Å². The molecule has 2 saturated carbocycles. The highest BCUT2D eigenvalue weighted by Crippen LogP contribution is 2.36. The van der Waals surface area contributed by atoms with E-state index in [0.717, 1.165) is 0 Å². The van der Waals surface area contributed by atoms with Gasteiger partial charge >= 0.3 is 0 Å². The van der Waals surface area contributed by atoms with Crippen molar-refractivity contribution in [2.75, 3.05) is 0 Å². The summed E-state index contributed by atoms with van der Waals surface area (Å²) in [7, 11) is 0. The maximum Gasteiger partial charge on any atom is -0.0162 e. The van der Waals surface area contributed by atoms with Gasteiger partial charge in [-0.15, -0.1) is 0 Å². The molecule has 0 saturated heterocycles. The van der Waals surface area contributed by atoms with Gasteiger partial charge in [-0.2, -0.15) is 0 Å². The number of benzene rings is 1. The summed E-state index contributed by atoms with van der Waals surface area (Å²) in [5, 5.41) is 0. The van der Waals surface area contributed by atoms with Crippen LogP contribution < -0.4 is 0 Å². The average Bonchev–Trinajstić information content (AvgIpc) is 2.62. The van der Waals surface area contributed by atoms with Gasteiger partial charge in [-0.3, -0.25) is 0 Å². The van der Waals surface area contributed by atoms with Crippen LogP contribution in [-0.2, 0) is 0 Å². The van der Waals surface area contributed by atoms with Crippen LogP contribution in [0.25, 0.3) is 11.1 Å². The van der Waals surface area contributed by atoms with Crippen LogP contribution in [0.2, 0.25) is 0 Å². The summed E-state index contributed by atoms with van der Waals surface area (Å²) in [4.78, 5) is 0. The third kappa shape index (κ3) is 3.54. The van der Waals surface area contributed by atoms with Gasteiger partial charge in [0.1, 0.15) is 0 Å². The van der Waals surface area contributed by atoms with E-state index >= 15 is 0 Å². The fourth-order valence-corrected chi connectivity index (χ4v) is 4.27. The molecule has 3 rings (SSSR count). The Bertz CT molecular complexity index is 458. The van der Waals surface area contributed by atoms with E-state index in [1.54, 1.807) is 0 Å². The first-order valence-electron chi connectivity index (χ1n) is 9.24. The van der Waals surface area contributed by atoms with E-state index in [1.165, 1.54) is 86.5 Å². The van der Waals surface area contributed by atoms with Crippen molar-refractivity contribution in [3.05, 3.63) is 48.6 Å². The first kappa shape index (κ1) is 15.6. The van der Waals surface area contributed by atoms with Gasteiger partial charge in [0.05, 0.1) is 0 Å². The van der Waals surface area contributed by atoms with Gasteiger partial charge in [0, 0.05) is 0 Å². The van der Waals surface area contributed by atoms with Crippen molar-refractivity contribution in [2.45, 2.75) is 64.2 Å². The Morgan fingerprint density at radius 3 is 1.23 bits per heavy atom.